The van der Waals surface area contributed by atoms with Crippen LogP contribution >= 0.6 is 11.8 Å². The molecule has 4 heteroatoms. The molecule has 0 bridgehead atoms. The van der Waals surface area contributed by atoms with Gasteiger partial charge in [-0.2, -0.15) is 0 Å². The van der Waals surface area contributed by atoms with Crippen molar-refractivity contribution in [1.29, 1.82) is 0 Å². The second kappa shape index (κ2) is 8.65. The first-order chi connectivity index (χ1) is 9.81. The Morgan fingerprint density at radius 2 is 2.10 bits per heavy atom. The molecule has 0 heterocycles. The highest BCUT2D eigenvalue weighted by molar-refractivity contribution is 8.00. The molecule has 1 aliphatic carbocycles. The first-order valence-electron chi connectivity index (χ1n) is 7.45. The number of nitrogens with one attached hydrogen (secondary N) is 1. The maximum Gasteiger partial charge on any atom is 0.137 e. The van der Waals surface area contributed by atoms with Crippen molar-refractivity contribution >= 4 is 11.8 Å². The summed E-state index contributed by atoms with van der Waals surface area (Å²) >= 11 is 1.74. The molecule has 1 aromatic rings. The minimum Gasteiger partial charge on any atom is -0.383 e. The Bertz CT molecular complexity index is 407. The molecule has 1 aromatic carbocycles. The number of thioether (sulfide) groups is 1. The molecule has 0 aliphatic heterocycles. The van der Waals surface area contributed by atoms with E-state index in [0.717, 1.165) is 17.0 Å². The van der Waals surface area contributed by atoms with Gasteiger partial charge >= 0.3 is 0 Å². The third kappa shape index (κ3) is 4.76. The number of hydrogen-bond donors (Lipinski definition) is 1. The summed E-state index contributed by atoms with van der Waals surface area (Å²) in [6.45, 7) is 2.18. The molecule has 2 nitrogen and oxygen atoms in total. The van der Waals surface area contributed by atoms with Crippen LogP contribution in [-0.4, -0.2) is 25.5 Å². The predicted octanol–water partition coefficient (Wildman–Crippen LogP) is 3.99. The van der Waals surface area contributed by atoms with E-state index in [4.69, 9.17) is 4.74 Å². The van der Waals surface area contributed by atoms with Crippen LogP contribution in [-0.2, 0) is 11.3 Å². The summed E-state index contributed by atoms with van der Waals surface area (Å²) < 4.78 is 19.1. The van der Waals surface area contributed by atoms with Crippen molar-refractivity contribution in [3.8, 4) is 0 Å². The minimum atomic E-state index is -0.0772. The maximum absolute atomic E-state index is 14.1. The quantitative estimate of drug-likeness (QED) is 0.769. The van der Waals surface area contributed by atoms with Crippen molar-refractivity contribution in [1.82, 2.24) is 5.32 Å². The Morgan fingerprint density at radius 1 is 1.30 bits per heavy atom. The third-order valence-electron chi connectivity index (χ3n) is 3.68. The lowest BCUT2D eigenvalue weighted by atomic mass is 10.0. The fourth-order valence-electron chi connectivity index (χ4n) is 2.57. The van der Waals surface area contributed by atoms with Gasteiger partial charge in [-0.25, -0.2) is 4.39 Å². The smallest absolute Gasteiger partial charge is 0.137 e. The van der Waals surface area contributed by atoms with Crippen LogP contribution in [0, 0.1) is 5.82 Å². The normalized spacial score (nSPS) is 16.5. The van der Waals surface area contributed by atoms with Crippen molar-refractivity contribution in [2.75, 3.05) is 20.3 Å². The zero-order chi connectivity index (χ0) is 14.2. The summed E-state index contributed by atoms with van der Waals surface area (Å²) in [7, 11) is 1.69. The van der Waals surface area contributed by atoms with Gasteiger partial charge in [0.2, 0.25) is 0 Å². The number of hydrogen-bond acceptors (Lipinski definition) is 3. The molecule has 112 valence electrons. The molecule has 1 fully saturated rings. The van der Waals surface area contributed by atoms with Crippen LogP contribution < -0.4 is 5.32 Å². The number of benzene rings is 1. The Kier molecular flexibility index (Phi) is 6.83. The lowest BCUT2D eigenvalue weighted by molar-refractivity contribution is 0.199. The Balaban J connectivity index is 1.97. The van der Waals surface area contributed by atoms with E-state index in [9.17, 15) is 4.39 Å². The lowest BCUT2D eigenvalue weighted by Gasteiger charge is -2.22. The molecule has 1 aliphatic rings. The van der Waals surface area contributed by atoms with Gasteiger partial charge in [0.05, 0.1) is 6.61 Å². The van der Waals surface area contributed by atoms with E-state index in [2.05, 4.69) is 5.32 Å². The van der Waals surface area contributed by atoms with Crippen LogP contribution in [0.15, 0.2) is 23.1 Å². The molecule has 1 N–H and O–H groups in total. The monoisotopic (exact) mass is 297 g/mol. The van der Waals surface area contributed by atoms with Gasteiger partial charge in [-0.1, -0.05) is 31.4 Å². The molecule has 0 unspecified atom stereocenters. The van der Waals surface area contributed by atoms with Crippen LogP contribution in [0.3, 0.4) is 0 Å². The average Bonchev–Trinajstić information content (AvgIpc) is 2.48. The second-order valence-electron chi connectivity index (χ2n) is 5.28. The second-order valence-corrected chi connectivity index (χ2v) is 6.59. The van der Waals surface area contributed by atoms with E-state index in [-0.39, 0.29) is 5.82 Å². The van der Waals surface area contributed by atoms with Gasteiger partial charge in [0, 0.05) is 30.3 Å². The molecule has 0 spiro atoms. The lowest BCUT2D eigenvalue weighted by Crippen LogP contribution is -2.19. The Hall–Kier alpha value is -0.580. The number of ether oxygens (including phenoxy) is 1. The standard InChI is InChI=1S/C16H24FNOS/c1-19-11-10-18-12-13-6-5-9-15(17)16(13)20-14-7-3-2-4-8-14/h5-6,9,14,18H,2-4,7-8,10-12H2,1H3. The van der Waals surface area contributed by atoms with E-state index in [1.165, 1.54) is 32.1 Å². The summed E-state index contributed by atoms with van der Waals surface area (Å²) in [4.78, 5) is 0.837. The van der Waals surface area contributed by atoms with Crippen molar-refractivity contribution in [3.63, 3.8) is 0 Å². The fourth-order valence-corrected chi connectivity index (χ4v) is 3.95. The molecular formula is C16H24FNOS. The van der Waals surface area contributed by atoms with Crippen LogP contribution in [0.2, 0.25) is 0 Å². The van der Waals surface area contributed by atoms with Crippen LogP contribution in [0.4, 0.5) is 4.39 Å². The van der Waals surface area contributed by atoms with Gasteiger partial charge in [0.1, 0.15) is 5.82 Å². The van der Waals surface area contributed by atoms with E-state index < -0.39 is 0 Å². The molecule has 1 saturated carbocycles. The highest BCUT2D eigenvalue weighted by Gasteiger charge is 2.18. The maximum atomic E-state index is 14.1. The topological polar surface area (TPSA) is 21.3 Å². The summed E-state index contributed by atoms with van der Waals surface area (Å²) in [6, 6.07) is 5.39. The first-order valence-corrected chi connectivity index (χ1v) is 8.33. The molecule has 20 heavy (non-hydrogen) atoms. The van der Waals surface area contributed by atoms with Crippen molar-refractivity contribution < 1.29 is 9.13 Å². The van der Waals surface area contributed by atoms with Crippen molar-refractivity contribution in [2.45, 2.75) is 48.8 Å². The molecule has 0 atom stereocenters. The number of methoxy groups -OCH3 is 1. The average molecular weight is 297 g/mol. The van der Waals surface area contributed by atoms with Gasteiger partial charge in [-0.3, -0.25) is 0 Å². The molecule has 0 amide bonds. The van der Waals surface area contributed by atoms with Gasteiger partial charge in [-0.15, -0.1) is 11.8 Å². The highest BCUT2D eigenvalue weighted by atomic mass is 32.2. The summed E-state index contributed by atoms with van der Waals surface area (Å²) in [5.74, 6) is -0.0772. The first kappa shape index (κ1) is 15.8. The predicted molar refractivity (Wildman–Crippen MR) is 82.7 cm³/mol. The van der Waals surface area contributed by atoms with E-state index >= 15 is 0 Å². The van der Waals surface area contributed by atoms with Gasteiger partial charge in [0.25, 0.3) is 0 Å². The summed E-state index contributed by atoms with van der Waals surface area (Å²) in [5.41, 5.74) is 1.07. The molecule has 0 aromatic heterocycles. The molecule has 0 radical (unpaired) electrons. The van der Waals surface area contributed by atoms with E-state index in [1.54, 1.807) is 31.0 Å². The van der Waals surface area contributed by atoms with E-state index in [0.29, 0.717) is 18.4 Å². The number of rotatable bonds is 7. The third-order valence-corrected chi connectivity index (χ3v) is 5.18. The Labute approximate surface area is 125 Å². The van der Waals surface area contributed by atoms with Crippen LogP contribution in [0.5, 0.6) is 0 Å². The van der Waals surface area contributed by atoms with Crippen molar-refractivity contribution in [2.24, 2.45) is 0 Å². The SMILES string of the molecule is COCCNCc1cccc(F)c1SC1CCCCC1. The minimum absolute atomic E-state index is 0.0772. The Morgan fingerprint density at radius 3 is 2.85 bits per heavy atom. The van der Waals surface area contributed by atoms with Gasteiger partial charge in [0.15, 0.2) is 0 Å². The largest absolute Gasteiger partial charge is 0.383 e. The number of halogens is 1. The summed E-state index contributed by atoms with van der Waals surface area (Å²) in [5, 5.41) is 3.88. The molecule has 0 saturated heterocycles. The zero-order valence-electron chi connectivity index (χ0n) is 12.2. The van der Waals surface area contributed by atoms with E-state index in [1.807, 2.05) is 6.07 Å². The highest BCUT2D eigenvalue weighted by Crippen LogP contribution is 2.36. The molecule has 2 rings (SSSR count). The summed E-state index contributed by atoms with van der Waals surface area (Å²) in [6.07, 6.45) is 6.34. The zero-order valence-corrected chi connectivity index (χ0v) is 13.0. The van der Waals surface area contributed by atoms with Crippen molar-refractivity contribution in [3.05, 3.63) is 29.6 Å². The van der Waals surface area contributed by atoms with Gasteiger partial charge < -0.3 is 10.1 Å². The van der Waals surface area contributed by atoms with Crippen LogP contribution in [0.1, 0.15) is 37.7 Å². The van der Waals surface area contributed by atoms with Crippen LogP contribution in [0.25, 0.3) is 0 Å². The molecular weight excluding hydrogens is 273 g/mol. The fraction of sp³-hybridized carbons (Fsp3) is 0.625. The van der Waals surface area contributed by atoms with Gasteiger partial charge in [-0.05, 0) is 24.5 Å².